The highest BCUT2D eigenvalue weighted by Crippen LogP contribution is 2.49. The number of hydrogen-bond acceptors (Lipinski definition) is 3. The van der Waals surface area contributed by atoms with E-state index in [4.69, 9.17) is 9.05 Å². The Labute approximate surface area is 87.0 Å². The highest BCUT2D eigenvalue weighted by atomic mass is 31.2. The SMILES string of the molecule is CCCCC=CP(=O)(OCC)OCC. The van der Waals surface area contributed by atoms with Crippen LogP contribution in [-0.4, -0.2) is 13.2 Å². The van der Waals surface area contributed by atoms with E-state index in [1.54, 1.807) is 5.82 Å². The fourth-order valence-corrected chi connectivity index (χ4v) is 2.38. The van der Waals surface area contributed by atoms with Crippen molar-refractivity contribution in [2.24, 2.45) is 0 Å². The van der Waals surface area contributed by atoms with Gasteiger partial charge in [0.1, 0.15) is 0 Å². The summed E-state index contributed by atoms with van der Waals surface area (Å²) < 4.78 is 22.0. The molecule has 0 fully saturated rings. The second kappa shape index (κ2) is 8.22. The van der Waals surface area contributed by atoms with Crippen molar-refractivity contribution >= 4 is 7.60 Å². The van der Waals surface area contributed by atoms with Crippen LogP contribution in [0.1, 0.15) is 40.0 Å². The first kappa shape index (κ1) is 13.9. The van der Waals surface area contributed by atoms with Crippen molar-refractivity contribution in [2.45, 2.75) is 40.0 Å². The van der Waals surface area contributed by atoms with Crippen LogP contribution >= 0.6 is 7.60 Å². The van der Waals surface area contributed by atoms with Crippen molar-refractivity contribution in [3.05, 3.63) is 11.9 Å². The highest BCUT2D eigenvalue weighted by Gasteiger charge is 2.18. The quantitative estimate of drug-likeness (QED) is 0.459. The molecule has 0 saturated carbocycles. The molecule has 0 bridgehead atoms. The normalized spacial score (nSPS) is 12.5. The molecule has 0 aliphatic rings. The van der Waals surface area contributed by atoms with E-state index in [1.807, 2.05) is 19.9 Å². The van der Waals surface area contributed by atoms with Gasteiger partial charge in [-0.05, 0) is 20.3 Å². The van der Waals surface area contributed by atoms with Crippen molar-refractivity contribution in [1.82, 2.24) is 0 Å². The molecule has 0 saturated heterocycles. The summed E-state index contributed by atoms with van der Waals surface area (Å²) in [6, 6.07) is 0. The third-order valence-corrected chi connectivity index (χ3v) is 3.44. The van der Waals surface area contributed by atoms with Gasteiger partial charge in [-0.2, -0.15) is 0 Å². The lowest BCUT2D eigenvalue weighted by Gasteiger charge is -2.12. The topological polar surface area (TPSA) is 35.5 Å². The monoisotopic (exact) mass is 220 g/mol. The van der Waals surface area contributed by atoms with Crippen LogP contribution in [0.25, 0.3) is 0 Å². The largest absolute Gasteiger partial charge is 0.353 e. The molecule has 0 radical (unpaired) electrons. The summed E-state index contributed by atoms with van der Waals surface area (Å²) in [4.78, 5) is 0. The summed E-state index contributed by atoms with van der Waals surface area (Å²) in [6.07, 6.45) is 5.06. The minimum absolute atomic E-state index is 0.412. The molecule has 0 unspecified atom stereocenters. The van der Waals surface area contributed by atoms with Crippen LogP contribution in [0.15, 0.2) is 11.9 Å². The summed E-state index contributed by atoms with van der Waals surface area (Å²) in [5, 5.41) is 0. The smallest absolute Gasteiger partial charge is 0.306 e. The molecule has 14 heavy (non-hydrogen) atoms. The van der Waals surface area contributed by atoms with Gasteiger partial charge < -0.3 is 9.05 Å². The lowest BCUT2D eigenvalue weighted by atomic mass is 10.2. The van der Waals surface area contributed by atoms with E-state index in [-0.39, 0.29) is 0 Å². The fourth-order valence-electron chi connectivity index (χ4n) is 1.01. The minimum Gasteiger partial charge on any atom is -0.306 e. The van der Waals surface area contributed by atoms with E-state index in [1.165, 1.54) is 0 Å². The van der Waals surface area contributed by atoms with E-state index in [0.29, 0.717) is 13.2 Å². The van der Waals surface area contributed by atoms with Gasteiger partial charge >= 0.3 is 7.60 Å². The van der Waals surface area contributed by atoms with E-state index in [9.17, 15) is 4.57 Å². The summed E-state index contributed by atoms with van der Waals surface area (Å²) >= 11 is 0. The van der Waals surface area contributed by atoms with Gasteiger partial charge in [0.2, 0.25) is 0 Å². The molecule has 0 N–H and O–H groups in total. The van der Waals surface area contributed by atoms with Gasteiger partial charge in [0.15, 0.2) is 0 Å². The predicted molar refractivity (Wildman–Crippen MR) is 59.5 cm³/mol. The molecular formula is C10H21O3P. The number of rotatable bonds is 8. The van der Waals surface area contributed by atoms with Gasteiger partial charge in [0.05, 0.1) is 13.2 Å². The summed E-state index contributed by atoms with van der Waals surface area (Å²) in [6.45, 7) is 6.57. The predicted octanol–water partition coefficient (Wildman–Crippen LogP) is 3.96. The molecule has 0 aromatic carbocycles. The van der Waals surface area contributed by atoms with Gasteiger partial charge in [-0.15, -0.1) is 0 Å². The second-order valence-corrected chi connectivity index (χ2v) is 4.80. The maximum absolute atomic E-state index is 11.8. The molecule has 0 spiro atoms. The number of hydrogen-bond donors (Lipinski definition) is 0. The van der Waals surface area contributed by atoms with E-state index < -0.39 is 7.60 Å². The third kappa shape index (κ3) is 6.36. The van der Waals surface area contributed by atoms with Gasteiger partial charge in [-0.1, -0.05) is 25.8 Å². The van der Waals surface area contributed by atoms with Crippen molar-refractivity contribution < 1.29 is 13.6 Å². The second-order valence-electron chi connectivity index (χ2n) is 2.90. The van der Waals surface area contributed by atoms with Gasteiger partial charge in [0, 0.05) is 5.82 Å². The van der Waals surface area contributed by atoms with E-state index >= 15 is 0 Å². The minimum atomic E-state index is -2.94. The lowest BCUT2D eigenvalue weighted by Crippen LogP contribution is -1.92. The molecule has 84 valence electrons. The zero-order valence-corrected chi connectivity index (χ0v) is 10.3. The molecule has 0 atom stereocenters. The zero-order valence-electron chi connectivity index (χ0n) is 9.36. The van der Waals surface area contributed by atoms with Crippen molar-refractivity contribution in [2.75, 3.05) is 13.2 Å². The Bertz CT molecular complexity index is 192. The van der Waals surface area contributed by atoms with Crippen LogP contribution in [0.5, 0.6) is 0 Å². The van der Waals surface area contributed by atoms with Crippen LogP contribution in [-0.2, 0) is 13.6 Å². The van der Waals surface area contributed by atoms with Crippen molar-refractivity contribution in [3.63, 3.8) is 0 Å². The summed E-state index contributed by atoms with van der Waals surface area (Å²) in [5.41, 5.74) is 0. The van der Waals surface area contributed by atoms with Gasteiger partial charge in [-0.3, -0.25) is 4.57 Å². The third-order valence-electron chi connectivity index (χ3n) is 1.63. The maximum atomic E-state index is 11.8. The highest BCUT2D eigenvalue weighted by molar-refractivity contribution is 7.57. The molecule has 0 heterocycles. The first-order chi connectivity index (χ1) is 6.68. The molecule has 0 aliphatic heterocycles. The molecule has 0 aliphatic carbocycles. The maximum Gasteiger partial charge on any atom is 0.353 e. The Morgan fingerprint density at radius 1 is 1.14 bits per heavy atom. The summed E-state index contributed by atoms with van der Waals surface area (Å²) in [7, 11) is -2.94. The Morgan fingerprint density at radius 2 is 1.71 bits per heavy atom. The Balaban J connectivity index is 4.07. The molecule has 0 aromatic rings. The average molecular weight is 220 g/mol. The fraction of sp³-hybridized carbons (Fsp3) is 0.800. The van der Waals surface area contributed by atoms with Crippen molar-refractivity contribution in [1.29, 1.82) is 0 Å². The Morgan fingerprint density at radius 3 is 2.14 bits per heavy atom. The standard InChI is InChI=1S/C10H21O3P/c1-4-7-8-9-10-14(11,12-5-2)13-6-3/h9-10H,4-8H2,1-3H3. The average Bonchev–Trinajstić information content (AvgIpc) is 2.13. The van der Waals surface area contributed by atoms with E-state index in [2.05, 4.69) is 6.92 Å². The molecule has 0 aromatic heterocycles. The summed E-state index contributed by atoms with van der Waals surface area (Å²) in [5.74, 6) is 1.58. The Hall–Kier alpha value is -0.110. The molecule has 0 rings (SSSR count). The lowest BCUT2D eigenvalue weighted by molar-refractivity contribution is 0.229. The number of unbranched alkanes of at least 4 members (excludes halogenated alkanes) is 2. The molecule has 4 heteroatoms. The zero-order chi connectivity index (χ0) is 10.9. The Kier molecular flexibility index (Phi) is 8.15. The van der Waals surface area contributed by atoms with Crippen LogP contribution in [0.3, 0.4) is 0 Å². The molecular weight excluding hydrogens is 199 g/mol. The van der Waals surface area contributed by atoms with Crippen molar-refractivity contribution in [3.8, 4) is 0 Å². The first-order valence-electron chi connectivity index (χ1n) is 5.25. The molecule has 3 nitrogen and oxygen atoms in total. The number of allylic oxidation sites excluding steroid dienone is 1. The van der Waals surface area contributed by atoms with Crippen LogP contribution in [0, 0.1) is 0 Å². The van der Waals surface area contributed by atoms with Crippen LogP contribution in [0.2, 0.25) is 0 Å². The van der Waals surface area contributed by atoms with Crippen LogP contribution in [0.4, 0.5) is 0 Å². The van der Waals surface area contributed by atoms with E-state index in [0.717, 1.165) is 19.3 Å². The first-order valence-corrected chi connectivity index (χ1v) is 6.86. The molecule has 0 amide bonds. The van der Waals surface area contributed by atoms with Gasteiger partial charge in [0.25, 0.3) is 0 Å². The van der Waals surface area contributed by atoms with Crippen LogP contribution < -0.4 is 0 Å². The van der Waals surface area contributed by atoms with Gasteiger partial charge in [-0.25, -0.2) is 0 Å².